The van der Waals surface area contributed by atoms with Gasteiger partial charge >= 0.3 is 0 Å². The monoisotopic (exact) mass is 304 g/mol. The fraction of sp³-hybridized carbons (Fsp3) is 0.333. The van der Waals surface area contributed by atoms with Gasteiger partial charge in [-0.25, -0.2) is 4.39 Å². The Labute approximate surface area is 130 Å². The van der Waals surface area contributed by atoms with E-state index < -0.39 is 0 Å². The number of para-hydroxylation sites is 1. The van der Waals surface area contributed by atoms with E-state index in [4.69, 9.17) is 14.2 Å². The molecule has 0 atom stereocenters. The van der Waals surface area contributed by atoms with Crippen molar-refractivity contribution in [2.45, 2.75) is 19.1 Å². The minimum absolute atomic E-state index is 0.206. The zero-order valence-electron chi connectivity index (χ0n) is 12.9. The molecule has 0 aliphatic carbocycles. The standard InChI is InChI=1S/C18H21FO3/c1-20-18(21-2)11-6-12-22-17-10-4-3-9-16(17)14-7-5-8-15(19)13-14/h3-5,7-10,13,18H,6,11-12H2,1-2H3. The molecule has 0 heterocycles. The van der Waals surface area contributed by atoms with Crippen LogP contribution in [0.1, 0.15) is 12.8 Å². The number of ether oxygens (including phenoxy) is 3. The molecule has 0 aliphatic heterocycles. The van der Waals surface area contributed by atoms with Crippen molar-refractivity contribution in [1.82, 2.24) is 0 Å². The van der Waals surface area contributed by atoms with E-state index in [0.29, 0.717) is 6.61 Å². The summed E-state index contributed by atoms with van der Waals surface area (Å²) in [5.74, 6) is 0.495. The van der Waals surface area contributed by atoms with E-state index in [1.165, 1.54) is 12.1 Å². The summed E-state index contributed by atoms with van der Waals surface area (Å²) in [6.07, 6.45) is 1.36. The third-order valence-corrected chi connectivity index (χ3v) is 3.39. The predicted octanol–water partition coefficient (Wildman–Crippen LogP) is 4.27. The van der Waals surface area contributed by atoms with Gasteiger partial charge in [-0.1, -0.05) is 30.3 Å². The van der Waals surface area contributed by atoms with Gasteiger partial charge in [0.2, 0.25) is 0 Å². The molecular formula is C18H21FO3. The Bertz CT molecular complexity index is 582. The topological polar surface area (TPSA) is 27.7 Å². The molecule has 2 rings (SSSR count). The van der Waals surface area contributed by atoms with Crippen LogP contribution in [-0.4, -0.2) is 27.1 Å². The van der Waals surface area contributed by atoms with Gasteiger partial charge in [0.15, 0.2) is 6.29 Å². The van der Waals surface area contributed by atoms with Gasteiger partial charge in [-0.2, -0.15) is 0 Å². The molecule has 0 aromatic heterocycles. The second kappa shape index (κ2) is 8.51. The maximum absolute atomic E-state index is 13.4. The molecule has 0 saturated carbocycles. The summed E-state index contributed by atoms with van der Waals surface area (Å²) >= 11 is 0. The van der Waals surface area contributed by atoms with Crippen LogP contribution in [0.25, 0.3) is 11.1 Å². The molecule has 22 heavy (non-hydrogen) atoms. The van der Waals surface area contributed by atoms with Crippen LogP contribution in [0.3, 0.4) is 0 Å². The van der Waals surface area contributed by atoms with Crippen molar-refractivity contribution < 1.29 is 18.6 Å². The molecule has 0 fully saturated rings. The summed E-state index contributed by atoms with van der Waals surface area (Å²) in [5, 5.41) is 0. The van der Waals surface area contributed by atoms with Crippen LogP contribution < -0.4 is 4.74 Å². The first-order valence-electron chi connectivity index (χ1n) is 7.28. The first kappa shape index (κ1) is 16.5. The van der Waals surface area contributed by atoms with Gasteiger partial charge in [0.05, 0.1) is 6.61 Å². The Morgan fingerprint density at radius 1 is 1.00 bits per heavy atom. The Kier molecular flexibility index (Phi) is 6.37. The summed E-state index contributed by atoms with van der Waals surface area (Å²) in [4.78, 5) is 0. The Morgan fingerprint density at radius 3 is 2.50 bits per heavy atom. The molecular weight excluding hydrogens is 283 g/mol. The van der Waals surface area contributed by atoms with Gasteiger partial charge in [-0.15, -0.1) is 0 Å². The van der Waals surface area contributed by atoms with E-state index in [2.05, 4.69) is 0 Å². The molecule has 0 radical (unpaired) electrons. The van der Waals surface area contributed by atoms with Gasteiger partial charge in [-0.05, 0) is 30.2 Å². The predicted molar refractivity (Wildman–Crippen MR) is 84.4 cm³/mol. The van der Waals surface area contributed by atoms with Crippen molar-refractivity contribution in [3.05, 3.63) is 54.3 Å². The van der Waals surface area contributed by atoms with Gasteiger partial charge in [0, 0.05) is 26.2 Å². The quantitative estimate of drug-likeness (QED) is 0.538. The lowest BCUT2D eigenvalue weighted by Crippen LogP contribution is -2.14. The average Bonchev–Trinajstić information content (AvgIpc) is 2.55. The van der Waals surface area contributed by atoms with Crippen LogP contribution in [0.4, 0.5) is 4.39 Å². The van der Waals surface area contributed by atoms with Crippen LogP contribution in [0, 0.1) is 5.82 Å². The van der Waals surface area contributed by atoms with Gasteiger partial charge < -0.3 is 14.2 Å². The molecule has 0 N–H and O–H groups in total. The second-order valence-corrected chi connectivity index (χ2v) is 4.90. The number of hydrogen-bond donors (Lipinski definition) is 0. The van der Waals surface area contributed by atoms with Gasteiger partial charge in [0.25, 0.3) is 0 Å². The molecule has 0 unspecified atom stereocenters. The minimum atomic E-state index is -0.254. The average molecular weight is 304 g/mol. The van der Waals surface area contributed by atoms with Gasteiger partial charge in [-0.3, -0.25) is 0 Å². The highest BCUT2D eigenvalue weighted by atomic mass is 19.1. The van der Waals surface area contributed by atoms with Crippen molar-refractivity contribution in [2.24, 2.45) is 0 Å². The van der Waals surface area contributed by atoms with Crippen molar-refractivity contribution in [3.8, 4) is 16.9 Å². The number of halogens is 1. The smallest absolute Gasteiger partial charge is 0.156 e. The minimum Gasteiger partial charge on any atom is -0.493 e. The highest BCUT2D eigenvalue weighted by molar-refractivity contribution is 5.70. The second-order valence-electron chi connectivity index (χ2n) is 4.90. The Hall–Kier alpha value is -1.91. The van der Waals surface area contributed by atoms with E-state index in [0.717, 1.165) is 29.7 Å². The zero-order valence-corrected chi connectivity index (χ0v) is 12.9. The first-order chi connectivity index (χ1) is 10.7. The SMILES string of the molecule is COC(CCCOc1ccccc1-c1cccc(F)c1)OC. The van der Waals surface area contributed by atoms with Gasteiger partial charge in [0.1, 0.15) is 11.6 Å². The number of methoxy groups -OCH3 is 2. The lowest BCUT2D eigenvalue weighted by molar-refractivity contribution is -0.107. The maximum atomic E-state index is 13.4. The molecule has 0 aliphatic rings. The lowest BCUT2D eigenvalue weighted by atomic mass is 10.0. The van der Waals surface area contributed by atoms with Crippen LogP contribution in [0.15, 0.2) is 48.5 Å². The highest BCUT2D eigenvalue weighted by Crippen LogP contribution is 2.30. The van der Waals surface area contributed by atoms with E-state index in [1.54, 1.807) is 20.3 Å². The fourth-order valence-corrected chi connectivity index (χ4v) is 2.25. The third kappa shape index (κ3) is 4.55. The molecule has 3 nitrogen and oxygen atoms in total. The maximum Gasteiger partial charge on any atom is 0.156 e. The van der Waals surface area contributed by atoms with E-state index in [1.807, 2.05) is 30.3 Å². The Morgan fingerprint density at radius 2 is 1.77 bits per heavy atom. The number of benzene rings is 2. The number of hydrogen-bond acceptors (Lipinski definition) is 3. The number of rotatable bonds is 8. The zero-order chi connectivity index (χ0) is 15.8. The molecule has 118 valence electrons. The van der Waals surface area contributed by atoms with Crippen LogP contribution in [0.2, 0.25) is 0 Å². The largest absolute Gasteiger partial charge is 0.493 e. The van der Waals surface area contributed by atoms with E-state index in [-0.39, 0.29) is 12.1 Å². The van der Waals surface area contributed by atoms with Crippen LogP contribution in [-0.2, 0) is 9.47 Å². The molecule has 4 heteroatoms. The molecule has 0 spiro atoms. The summed E-state index contributed by atoms with van der Waals surface area (Å²) in [6.45, 7) is 0.551. The summed E-state index contributed by atoms with van der Waals surface area (Å²) in [6, 6.07) is 14.2. The molecule has 2 aromatic carbocycles. The summed E-state index contributed by atoms with van der Waals surface area (Å²) < 4.78 is 29.5. The van der Waals surface area contributed by atoms with Crippen LogP contribution >= 0.6 is 0 Å². The van der Waals surface area contributed by atoms with E-state index >= 15 is 0 Å². The normalized spacial score (nSPS) is 10.9. The van der Waals surface area contributed by atoms with Crippen molar-refractivity contribution in [3.63, 3.8) is 0 Å². The first-order valence-corrected chi connectivity index (χ1v) is 7.28. The lowest BCUT2D eigenvalue weighted by Gasteiger charge is -2.14. The molecule has 2 aromatic rings. The molecule has 0 bridgehead atoms. The molecule has 0 saturated heterocycles. The highest BCUT2D eigenvalue weighted by Gasteiger charge is 2.08. The van der Waals surface area contributed by atoms with Crippen molar-refractivity contribution in [2.75, 3.05) is 20.8 Å². The summed E-state index contributed by atoms with van der Waals surface area (Å²) in [7, 11) is 3.24. The van der Waals surface area contributed by atoms with Crippen LogP contribution in [0.5, 0.6) is 5.75 Å². The van der Waals surface area contributed by atoms with Crippen molar-refractivity contribution in [1.29, 1.82) is 0 Å². The summed E-state index contributed by atoms with van der Waals surface area (Å²) in [5.41, 5.74) is 1.69. The molecule has 0 amide bonds. The fourth-order valence-electron chi connectivity index (χ4n) is 2.25. The third-order valence-electron chi connectivity index (χ3n) is 3.39. The Balaban J connectivity index is 2.00. The van der Waals surface area contributed by atoms with Crippen molar-refractivity contribution >= 4 is 0 Å². The van der Waals surface area contributed by atoms with E-state index in [9.17, 15) is 4.39 Å².